The summed E-state index contributed by atoms with van der Waals surface area (Å²) in [6.45, 7) is 6.00. The third kappa shape index (κ3) is 4.94. The molecule has 0 atom stereocenters. The van der Waals surface area contributed by atoms with Gasteiger partial charge in [-0.3, -0.25) is 4.90 Å². The second-order valence-electron chi connectivity index (χ2n) is 5.88. The molecule has 3 rings (SSSR count). The zero-order valence-electron chi connectivity index (χ0n) is 14.2. The van der Waals surface area contributed by atoms with Crippen LogP contribution in [0.15, 0.2) is 65.6 Å². The number of hydrogen-bond acceptors (Lipinski definition) is 4. The van der Waals surface area contributed by atoms with Crippen LogP contribution in [-0.4, -0.2) is 28.2 Å². The summed E-state index contributed by atoms with van der Waals surface area (Å²) in [6, 6.07) is 15.5. The first-order chi connectivity index (χ1) is 12.7. The van der Waals surface area contributed by atoms with E-state index in [1.54, 1.807) is 18.2 Å². The molecule has 1 heterocycles. The van der Waals surface area contributed by atoms with Crippen molar-refractivity contribution in [2.75, 3.05) is 13.1 Å². The topological polar surface area (TPSA) is 42.2 Å². The monoisotopic (exact) mass is 387 g/mol. The van der Waals surface area contributed by atoms with Gasteiger partial charge in [-0.25, -0.2) is 0 Å². The zero-order valence-corrected chi connectivity index (χ0v) is 15.7. The maximum atomic E-state index is 6.21. The lowest BCUT2D eigenvalue weighted by Crippen LogP contribution is -2.26. The predicted molar refractivity (Wildman–Crippen MR) is 105 cm³/mol. The standard InChI is InChI=1S/C20H19Cl2N3O/c1-2-11-25(12-10-15-6-4-3-5-7-15)14-19-23-24-20(26-19)17-9-8-16(21)13-18(17)22/h2-9,13H,1,10-12,14H2. The summed E-state index contributed by atoms with van der Waals surface area (Å²) in [6.07, 6.45) is 2.82. The van der Waals surface area contributed by atoms with Crippen LogP contribution in [0.2, 0.25) is 10.0 Å². The molecule has 1 aromatic heterocycles. The molecule has 0 N–H and O–H groups in total. The minimum absolute atomic E-state index is 0.392. The Bertz CT molecular complexity index is 865. The van der Waals surface area contributed by atoms with Crippen molar-refractivity contribution >= 4 is 23.2 Å². The average Bonchev–Trinajstić information content (AvgIpc) is 3.09. The fraction of sp³-hybridized carbons (Fsp3) is 0.200. The van der Waals surface area contributed by atoms with Gasteiger partial charge in [-0.2, -0.15) is 0 Å². The number of aromatic nitrogens is 2. The van der Waals surface area contributed by atoms with E-state index in [1.165, 1.54) is 5.56 Å². The molecule has 3 aromatic rings. The number of benzene rings is 2. The quantitative estimate of drug-likeness (QED) is 0.493. The molecule has 26 heavy (non-hydrogen) atoms. The number of hydrogen-bond donors (Lipinski definition) is 0. The lowest BCUT2D eigenvalue weighted by atomic mass is 10.1. The number of nitrogens with zero attached hydrogens (tertiary/aromatic N) is 3. The zero-order chi connectivity index (χ0) is 18.4. The summed E-state index contributed by atoms with van der Waals surface area (Å²) >= 11 is 12.1. The van der Waals surface area contributed by atoms with Gasteiger partial charge in [-0.05, 0) is 30.2 Å². The van der Waals surface area contributed by atoms with Crippen LogP contribution in [0.3, 0.4) is 0 Å². The molecular weight excluding hydrogens is 369 g/mol. The molecule has 0 spiro atoms. The van der Waals surface area contributed by atoms with E-state index in [4.69, 9.17) is 27.6 Å². The van der Waals surface area contributed by atoms with Crippen molar-refractivity contribution in [3.8, 4) is 11.5 Å². The van der Waals surface area contributed by atoms with Crippen molar-refractivity contribution in [2.24, 2.45) is 0 Å². The van der Waals surface area contributed by atoms with Crippen molar-refractivity contribution in [3.05, 3.63) is 82.7 Å². The first kappa shape index (κ1) is 18.6. The van der Waals surface area contributed by atoms with E-state index >= 15 is 0 Å². The van der Waals surface area contributed by atoms with Gasteiger partial charge in [0.25, 0.3) is 0 Å². The molecule has 6 heteroatoms. The molecule has 0 saturated carbocycles. The smallest absolute Gasteiger partial charge is 0.249 e. The van der Waals surface area contributed by atoms with Gasteiger partial charge in [0.2, 0.25) is 11.8 Å². The first-order valence-corrected chi connectivity index (χ1v) is 9.06. The van der Waals surface area contributed by atoms with Gasteiger partial charge >= 0.3 is 0 Å². The van der Waals surface area contributed by atoms with Crippen molar-refractivity contribution in [2.45, 2.75) is 13.0 Å². The average molecular weight is 388 g/mol. The van der Waals surface area contributed by atoms with Gasteiger partial charge < -0.3 is 4.42 Å². The molecule has 4 nitrogen and oxygen atoms in total. The van der Waals surface area contributed by atoms with E-state index in [-0.39, 0.29) is 0 Å². The van der Waals surface area contributed by atoms with Gasteiger partial charge in [0.05, 0.1) is 17.1 Å². The SMILES string of the molecule is C=CCN(CCc1ccccc1)Cc1nnc(-c2ccc(Cl)cc2Cl)o1. The maximum absolute atomic E-state index is 6.21. The molecule has 0 unspecified atom stereocenters. The molecule has 0 aliphatic rings. The molecule has 0 amide bonds. The van der Waals surface area contributed by atoms with E-state index in [1.807, 2.05) is 24.3 Å². The normalized spacial score (nSPS) is 11.0. The van der Waals surface area contributed by atoms with Crippen LogP contribution < -0.4 is 0 Å². The molecular formula is C20H19Cl2N3O. The molecule has 134 valence electrons. The molecule has 0 radical (unpaired) electrons. The predicted octanol–water partition coefficient (Wildman–Crippen LogP) is 5.27. The molecule has 0 saturated heterocycles. The summed E-state index contributed by atoms with van der Waals surface area (Å²) in [5.74, 6) is 0.934. The van der Waals surface area contributed by atoms with Gasteiger partial charge in [-0.15, -0.1) is 16.8 Å². The molecule has 0 bridgehead atoms. The van der Waals surface area contributed by atoms with E-state index in [2.05, 4.69) is 33.8 Å². The van der Waals surface area contributed by atoms with Gasteiger partial charge in [0.1, 0.15) is 0 Å². The molecule has 0 aliphatic heterocycles. The highest BCUT2D eigenvalue weighted by Gasteiger charge is 2.14. The molecule has 2 aromatic carbocycles. The highest BCUT2D eigenvalue weighted by Crippen LogP contribution is 2.29. The van der Waals surface area contributed by atoms with Crippen molar-refractivity contribution in [3.63, 3.8) is 0 Å². The van der Waals surface area contributed by atoms with Crippen molar-refractivity contribution in [1.82, 2.24) is 15.1 Å². The van der Waals surface area contributed by atoms with Crippen LogP contribution in [0.25, 0.3) is 11.5 Å². The lowest BCUT2D eigenvalue weighted by molar-refractivity contribution is 0.266. The van der Waals surface area contributed by atoms with E-state index in [0.29, 0.717) is 33.9 Å². The Morgan fingerprint density at radius 3 is 2.62 bits per heavy atom. The second kappa shape index (κ2) is 8.99. The third-order valence-electron chi connectivity index (χ3n) is 3.93. The number of rotatable bonds is 8. The van der Waals surface area contributed by atoms with Gasteiger partial charge in [0, 0.05) is 18.1 Å². The first-order valence-electron chi connectivity index (χ1n) is 8.30. The summed E-state index contributed by atoms with van der Waals surface area (Å²) in [4.78, 5) is 2.21. The Labute approximate surface area is 163 Å². The summed E-state index contributed by atoms with van der Waals surface area (Å²) in [5, 5.41) is 9.31. The largest absolute Gasteiger partial charge is 0.419 e. The van der Waals surface area contributed by atoms with Crippen LogP contribution in [0.4, 0.5) is 0 Å². The lowest BCUT2D eigenvalue weighted by Gasteiger charge is -2.18. The Morgan fingerprint density at radius 1 is 1.08 bits per heavy atom. The second-order valence-corrected chi connectivity index (χ2v) is 6.73. The summed E-state index contributed by atoms with van der Waals surface area (Å²) < 4.78 is 5.79. The molecule has 0 fully saturated rings. The summed E-state index contributed by atoms with van der Waals surface area (Å²) in [7, 11) is 0. The third-order valence-corrected chi connectivity index (χ3v) is 4.48. The Hall–Kier alpha value is -2.14. The fourth-order valence-electron chi connectivity index (χ4n) is 2.63. The highest BCUT2D eigenvalue weighted by molar-refractivity contribution is 6.36. The van der Waals surface area contributed by atoms with Gasteiger partial charge in [0.15, 0.2) is 0 Å². The Kier molecular flexibility index (Phi) is 6.45. The molecule has 0 aliphatic carbocycles. The van der Waals surface area contributed by atoms with Crippen LogP contribution in [0, 0.1) is 0 Å². The van der Waals surface area contributed by atoms with Crippen LogP contribution in [0.5, 0.6) is 0 Å². The Morgan fingerprint density at radius 2 is 1.88 bits per heavy atom. The van der Waals surface area contributed by atoms with Crippen LogP contribution >= 0.6 is 23.2 Å². The van der Waals surface area contributed by atoms with Gasteiger partial charge in [-0.1, -0.05) is 59.6 Å². The number of halogens is 2. The summed E-state index contributed by atoms with van der Waals surface area (Å²) in [5.41, 5.74) is 1.97. The minimum Gasteiger partial charge on any atom is -0.419 e. The highest BCUT2D eigenvalue weighted by atomic mass is 35.5. The van der Waals surface area contributed by atoms with Crippen molar-refractivity contribution < 1.29 is 4.42 Å². The fourth-order valence-corrected chi connectivity index (χ4v) is 3.12. The maximum Gasteiger partial charge on any atom is 0.249 e. The van der Waals surface area contributed by atoms with E-state index in [0.717, 1.165) is 19.5 Å². The van der Waals surface area contributed by atoms with Crippen molar-refractivity contribution in [1.29, 1.82) is 0 Å². The minimum atomic E-state index is 0.392. The van der Waals surface area contributed by atoms with E-state index < -0.39 is 0 Å². The van der Waals surface area contributed by atoms with Crippen LogP contribution in [-0.2, 0) is 13.0 Å². The Balaban J connectivity index is 1.67. The van der Waals surface area contributed by atoms with Crippen LogP contribution in [0.1, 0.15) is 11.5 Å². The van der Waals surface area contributed by atoms with E-state index in [9.17, 15) is 0 Å².